The number of aryl methyl sites for hydroxylation is 1. The van der Waals surface area contributed by atoms with Crippen molar-refractivity contribution in [3.8, 4) is 0 Å². The molecule has 3 nitrogen and oxygen atoms in total. The SMILES string of the molecule is N=C(N)c1ccc2c(c1)N(CI)CCCC2. The summed E-state index contributed by atoms with van der Waals surface area (Å²) in [6.07, 6.45) is 3.63. The van der Waals surface area contributed by atoms with Crippen LogP contribution in [-0.4, -0.2) is 16.9 Å². The van der Waals surface area contributed by atoms with Gasteiger partial charge in [0.15, 0.2) is 0 Å². The van der Waals surface area contributed by atoms with E-state index in [1.165, 1.54) is 24.1 Å². The molecule has 2 rings (SSSR count). The molecule has 3 N–H and O–H groups in total. The summed E-state index contributed by atoms with van der Waals surface area (Å²) in [5, 5.41) is 7.49. The Hall–Kier alpha value is -0.780. The van der Waals surface area contributed by atoms with Crippen LogP contribution in [0.25, 0.3) is 0 Å². The number of hydrogen-bond donors (Lipinski definition) is 2. The Bertz CT molecular complexity index is 403. The van der Waals surface area contributed by atoms with Gasteiger partial charge >= 0.3 is 0 Å². The predicted molar refractivity (Wildman–Crippen MR) is 76.6 cm³/mol. The summed E-state index contributed by atoms with van der Waals surface area (Å²) in [4.78, 5) is 2.37. The summed E-state index contributed by atoms with van der Waals surface area (Å²) in [6.45, 7) is 1.11. The molecular weight excluding hydrogens is 313 g/mol. The first kappa shape index (κ1) is 11.7. The van der Waals surface area contributed by atoms with Crippen molar-refractivity contribution in [1.29, 1.82) is 5.41 Å². The van der Waals surface area contributed by atoms with E-state index >= 15 is 0 Å². The van der Waals surface area contributed by atoms with Gasteiger partial charge in [-0.25, -0.2) is 0 Å². The van der Waals surface area contributed by atoms with E-state index in [1.54, 1.807) is 0 Å². The molecule has 1 aromatic rings. The minimum Gasteiger partial charge on any atom is -0.384 e. The Balaban J connectivity index is 2.43. The van der Waals surface area contributed by atoms with Crippen LogP contribution >= 0.6 is 22.6 Å². The number of hydrogen-bond acceptors (Lipinski definition) is 2. The van der Waals surface area contributed by atoms with Crippen molar-refractivity contribution >= 4 is 34.1 Å². The largest absolute Gasteiger partial charge is 0.384 e. The minimum absolute atomic E-state index is 0.153. The lowest BCUT2D eigenvalue weighted by atomic mass is 10.0. The zero-order chi connectivity index (χ0) is 11.5. The summed E-state index contributed by atoms with van der Waals surface area (Å²) < 4.78 is 0.992. The first-order chi connectivity index (χ1) is 7.72. The molecule has 0 aromatic heterocycles. The lowest BCUT2D eigenvalue weighted by Crippen LogP contribution is -2.22. The van der Waals surface area contributed by atoms with Crippen molar-refractivity contribution in [2.45, 2.75) is 19.3 Å². The number of nitrogens with zero attached hydrogens (tertiary/aromatic N) is 1. The quantitative estimate of drug-likeness (QED) is 0.288. The number of benzene rings is 1. The number of rotatable bonds is 2. The van der Waals surface area contributed by atoms with Crippen LogP contribution in [0.15, 0.2) is 18.2 Å². The van der Waals surface area contributed by atoms with E-state index in [0.29, 0.717) is 0 Å². The maximum atomic E-state index is 7.49. The summed E-state index contributed by atoms with van der Waals surface area (Å²) in [5.74, 6) is 0.153. The van der Waals surface area contributed by atoms with Gasteiger partial charge in [0.25, 0.3) is 0 Å². The Morgan fingerprint density at radius 2 is 2.25 bits per heavy atom. The summed E-state index contributed by atoms with van der Waals surface area (Å²) in [7, 11) is 0. The second kappa shape index (κ2) is 5.03. The fourth-order valence-corrected chi connectivity index (χ4v) is 2.81. The second-order valence-corrected chi connectivity index (χ2v) is 4.78. The van der Waals surface area contributed by atoms with Gasteiger partial charge in [0, 0.05) is 17.8 Å². The van der Waals surface area contributed by atoms with Crippen LogP contribution in [0.2, 0.25) is 0 Å². The molecule has 0 saturated heterocycles. The number of halogens is 1. The van der Waals surface area contributed by atoms with Crippen LogP contribution in [0, 0.1) is 5.41 Å². The molecule has 0 unspecified atom stereocenters. The molecule has 0 fully saturated rings. The highest BCUT2D eigenvalue weighted by Crippen LogP contribution is 2.28. The van der Waals surface area contributed by atoms with Crippen molar-refractivity contribution in [2.24, 2.45) is 5.73 Å². The van der Waals surface area contributed by atoms with Gasteiger partial charge in [0.05, 0.1) is 4.55 Å². The number of nitrogens with one attached hydrogen (secondary N) is 1. The third-order valence-electron chi connectivity index (χ3n) is 3.01. The standard InChI is InChI=1S/C12H16IN3/c13-8-16-6-2-1-3-9-4-5-10(12(14)15)7-11(9)16/h4-5,7H,1-3,6,8H2,(H3,14,15). The third kappa shape index (κ3) is 2.31. The zero-order valence-electron chi connectivity index (χ0n) is 9.17. The van der Waals surface area contributed by atoms with Crippen molar-refractivity contribution in [1.82, 2.24) is 0 Å². The number of nitrogen functional groups attached to an aromatic ring is 1. The van der Waals surface area contributed by atoms with E-state index in [4.69, 9.17) is 11.1 Å². The molecule has 0 amide bonds. The van der Waals surface area contributed by atoms with Crippen molar-refractivity contribution in [2.75, 3.05) is 16.0 Å². The zero-order valence-corrected chi connectivity index (χ0v) is 11.3. The molecule has 0 spiro atoms. The van der Waals surface area contributed by atoms with Crippen LogP contribution in [0.5, 0.6) is 0 Å². The smallest absolute Gasteiger partial charge is 0.122 e. The van der Waals surface area contributed by atoms with Gasteiger partial charge in [-0.2, -0.15) is 0 Å². The normalized spacial score (nSPS) is 15.4. The molecule has 0 saturated carbocycles. The monoisotopic (exact) mass is 329 g/mol. The molecule has 1 aromatic carbocycles. The average Bonchev–Trinajstić information content (AvgIpc) is 2.49. The van der Waals surface area contributed by atoms with Crippen LogP contribution < -0.4 is 10.6 Å². The molecule has 0 bridgehead atoms. The number of fused-ring (bicyclic) bond motifs is 1. The average molecular weight is 329 g/mol. The van der Waals surface area contributed by atoms with Crippen LogP contribution in [0.4, 0.5) is 5.69 Å². The molecule has 1 heterocycles. The Morgan fingerprint density at radius 3 is 2.94 bits per heavy atom. The number of nitrogens with two attached hydrogens (primary N) is 1. The molecule has 16 heavy (non-hydrogen) atoms. The first-order valence-electron chi connectivity index (χ1n) is 5.50. The van der Waals surface area contributed by atoms with Gasteiger partial charge in [-0.1, -0.05) is 34.7 Å². The fraction of sp³-hybridized carbons (Fsp3) is 0.417. The highest BCUT2D eigenvalue weighted by atomic mass is 127. The number of amidine groups is 1. The molecular formula is C12H16IN3. The third-order valence-corrected chi connectivity index (χ3v) is 3.83. The molecule has 1 aliphatic rings. The van der Waals surface area contributed by atoms with E-state index in [0.717, 1.165) is 23.1 Å². The van der Waals surface area contributed by atoms with Crippen molar-refractivity contribution < 1.29 is 0 Å². The van der Waals surface area contributed by atoms with Crippen molar-refractivity contribution in [3.63, 3.8) is 0 Å². The van der Waals surface area contributed by atoms with Gasteiger partial charge in [0.1, 0.15) is 5.84 Å². The Kier molecular flexibility index (Phi) is 3.68. The predicted octanol–water partition coefficient (Wildman–Crippen LogP) is 2.51. The van der Waals surface area contributed by atoms with Gasteiger partial charge in [-0.3, -0.25) is 5.41 Å². The molecule has 0 aliphatic carbocycles. The van der Waals surface area contributed by atoms with Gasteiger partial charge in [-0.05, 0) is 30.9 Å². The van der Waals surface area contributed by atoms with Gasteiger partial charge in [-0.15, -0.1) is 0 Å². The molecule has 0 radical (unpaired) electrons. The van der Waals surface area contributed by atoms with Crippen LogP contribution in [0.1, 0.15) is 24.0 Å². The van der Waals surface area contributed by atoms with E-state index in [2.05, 4.69) is 39.6 Å². The Morgan fingerprint density at radius 1 is 1.44 bits per heavy atom. The topological polar surface area (TPSA) is 53.1 Å². The molecule has 0 atom stereocenters. The van der Waals surface area contributed by atoms with E-state index in [-0.39, 0.29) is 5.84 Å². The summed E-state index contributed by atoms with van der Waals surface area (Å²) >= 11 is 2.39. The maximum absolute atomic E-state index is 7.49. The number of alkyl halides is 1. The summed E-state index contributed by atoms with van der Waals surface area (Å²) in [6, 6.07) is 6.14. The van der Waals surface area contributed by atoms with Gasteiger partial charge in [0.2, 0.25) is 0 Å². The lowest BCUT2D eigenvalue weighted by molar-refractivity contribution is 0.748. The lowest BCUT2D eigenvalue weighted by Gasteiger charge is -2.22. The van der Waals surface area contributed by atoms with E-state index in [1.807, 2.05) is 6.07 Å². The fourth-order valence-electron chi connectivity index (χ4n) is 2.10. The number of anilines is 1. The summed E-state index contributed by atoms with van der Waals surface area (Å²) in [5.41, 5.74) is 9.02. The van der Waals surface area contributed by atoms with E-state index < -0.39 is 0 Å². The van der Waals surface area contributed by atoms with Crippen LogP contribution in [-0.2, 0) is 6.42 Å². The second-order valence-electron chi connectivity index (χ2n) is 4.10. The molecule has 4 heteroatoms. The maximum Gasteiger partial charge on any atom is 0.122 e. The first-order valence-corrected chi connectivity index (χ1v) is 7.03. The van der Waals surface area contributed by atoms with Gasteiger partial charge < -0.3 is 10.6 Å². The van der Waals surface area contributed by atoms with Crippen LogP contribution in [0.3, 0.4) is 0 Å². The molecule has 86 valence electrons. The highest BCUT2D eigenvalue weighted by Gasteiger charge is 2.15. The molecule has 1 aliphatic heterocycles. The minimum atomic E-state index is 0.153. The Labute approximate surface area is 110 Å². The van der Waals surface area contributed by atoms with E-state index in [9.17, 15) is 0 Å². The van der Waals surface area contributed by atoms with Crippen molar-refractivity contribution in [3.05, 3.63) is 29.3 Å². The highest BCUT2D eigenvalue weighted by molar-refractivity contribution is 14.1.